The minimum Gasteiger partial charge on any atom is -0.337 e. The van der Waals surface area contributed by atoms with Gasteiger partial charge in [0.05, 0.1) is 4.88 Å². The van der Waals surface area contributed by atoms with Crippen molar-refractivity contribution < 1.29 is 9.59 Å². The maximum absolute atomic E-state index is 13.2. The van der Waals surface area contributed by atoms with Gasteiger partial charge in [-0.05, 0) is 42.7 Å². The Labute approximate surface area is 157 Å². The number of hydrogen-bond acceptors (Lipinski definition) is 3. The second-order valence-electron chi connectivity index (χ2n) is 6.89. The molecule has 1 aromatic heterocycles. The van der Waals surface area contributed by atoms with Gasteiger partial charge < -0.3 is 4.90 Å². The fourth-order valence-corrected chi connectivity index (χ4v) is 4.58. The van der Waals surface area contributed by atoms with Crippen LogP contribution in [-0.4, -0.2) is 29.7 Å². The predicted molar refractivity (Wildman–Crippen MR) is 106 cm³/mol. The Morgan fingerprint density at radius 3 is 2.65 bits per heavy atom. The van der Waals surface area contributed by atoms with Crippen LogP contribution in [0.3, 0.4) is 0 Å². The van der Waals surface area contributed by atoms with E-state index >= 15 is 0 Å². The summed E-state index contributed by atoms with van der Waals surface area (Å²) in [6.07, 6.45) is 1.71. The minimum atomic E-state index is -0.125. The van der Waals surface area contributed by atoms with Crippen LogP contribution in [-0.2, 0) is 0 Å². The summed E-state index contributed by atoms with van der Waals surface area (Å²) in [5, 5.41) is 2.08. The van der Waals surface area contributed by atoms with E-state index < -0.39 is 0 Å². The molecule has 0 spiro atoms. The van der Waals surface area contributed by atoms with E-state index in [2.05, 4.69) is 0 Å². The zero-order valence-electron chi connectivity index (χ0n) is 14.8. The number of likely N-dealkylation sites (tertiary alicyclic amines) is 1. The normalized spacial score (nSPS) is 17.4. The lowest BCUT2D eigenvalue weighted by molar-refractivity contribution is 0.0641. The number of nitrogens with zero attached hydrogens (tertiary/aromatic N) is 1. The van der Waals surface area contributed by atoms with E-state index in [4.69, 9.17) is 0 Å². The number of hydrogen-bond donors (Lipinski definition) is 0. The summed E-state index contributed by atoms with van der Waals surface area (Å²) in [7, 11) is 0. The molecule has 1 amide bonds. The second kappa shape index (κ2) is 7.04. The average Bonchev–Trinajstić information content (AvgIpc) is 3.13. The lowest BCUT2D eigenvalue weighted by Crippen LogP contribution is -2.42. The fraction of sp³-hybridized carbons (Fsp3) is 0.273. The highest BCUT2D eigenvalue weighted by Crippen LogP contribution is 2.27. The number of carbonyl (C=O) groups excluding carboxylic acids is 2. The Morgan fingerprint density at radius 2 is 1.85 bits per heavy atom. The molecule has 3 nitrogen and oxygen atoms in total. The first-order valence-corrected chi connectivity index (χ1v) is 9.83. The molecule has 4 rings (SSSR count). The van der Waals surface area contributed by atoms with Crippen molar-refractivity contribution in [1.82, 2.24) is 4.90 Å². The van der Waals surface area contributed by atoms with Gasteiger partial charge in [-0.2, -0.15) is 0 Å². The number of aryl methyl sites for hydroxylation is 1. The number of amides is 1. The molecule has 0 N–H and O–H groups in total. The van der Waals surface area contributed by atoms with Gasteiger partial charge in [-0.15, -0.1) is 11.3 Å². The summed E-state index contributed by atoms with van der Waals surface area (Å²) in [5.74, 6) is 0.0831. The Balaban J connectivity index is 1.57. The van der Waals surface area contributed by atoms with Crippen molar-refractivity contribution in [1.29, 1.82) is 0 Å². The predicted octanol–water partition coefficient (Wildman–Crippen LogP) is 4.94. The van der Waals surface area contributed by atoms with Crippen molar-refractivity contribution in [2.75, 3.05) is 13.1 Å². The highest BCUT2D eigenvalue weighted by molar-refractivity contribution is 7.13. The average molecular weight is 363 g/mol. The van der Waals surface area contributed by atoms with Crippen molar-refractivity contribution in [3.05, 3.63) is 69.9 Å². The number of piperidine rings is 1. The van der Waals surface area contributed by atoms with E-state index in [1.807, 2.05) is 66.4 Å². The minimum absolute atomic E-state index is 0.0542. The molecule has 26 heavy (non-hydrogen) atoms. The summed E-state index contributed by atoms with van der Waals surface area (Å²) < 4.78 is 0. The number of carbonyl (C=O) groups is 2. The van der Waals surface area contributed by atoms with Gasteiger partial charge >= 0.3 is 0 Å². The van der Waals surface area contributed by atoms with Crippen LogP contribution in [0.15, 0.2) is 54.6 Å². The maximum atomic E-state index is 13.2. The first-order valence-electron chi connectivity index (χ1n) is 9.01. The van der Waals surface area contributed by atoms with Crippen LogP contribution >= 0.6 is 11.3 Å². The van der Waals surface area contributed by atoms with Crippen LogP contribution in [0.4, 0.5) is 0 Å². The third-order valence-corrected chi connectivity index (χ3v) is 6.07. The molecule has 0 saturated carbocycles. The lowest BCUT2D eigenvalue weighted by atomic mass is 9.88. The molecular formula is C22H21NO2S. The zero-order valence-corrected chi connectivity index (χ0v) is 15.6. The fourth-order valence-electron chi connectivity index (χ4n) is 3.74. The summed E-state index contributed by atoms with van der Waals surface area (Å²) >= 11 is 1.52. The number of benzene rings is 2. The van der Waals surface area contributed by atoms with Crippen LogP contribution in [0.5, 0.6) is 0 Å². The number of Topliss-reactive ketones (excluding diaryl/α,β-unsaturated/α-hetero) is 1. The Bertz CT molecular complexity index is 970. The van der Waals surface area contributed by atoms with Crippen molar-refractivity contribution in [2.24, 2.45) is 5.92 Å². The smallest absolute Gasteiger partial charge is 0.263 e. The van der Waals surface area contributed by atoms with Gasteiger partial charge in [-0.3, -0.25) is 9.59 Å². The summed E-state index contributed by atoms with van der Waals surface area (Å²) in [6.45, 7) is 3.25. The van der Waals surface area contributed by atoms with Crippen LogP contribution in [0.25, 0.3) is 10.8 Å². The first-order chi connectivity index (χ1) is 12.6. The Hall–Kier alpha value is -2.46. The summed E-state index contributed by atoms with van der Waals surface area (Å²) in [4.78, 5) is 29.7. The van der Waals surface area contributed by atoms with Gasteiger partial charge in [0.15, 0.2) is 5.78 Å². The van der Waals surface area contributed by atoms with Crippen molar-refractivity contribution in [2.45, 2.75) is 19.8 Å². The lowest BCUT2D eigenvalue weighted by Gasteiger charge is -2.32. The molecule has 1 atom stereocenters. The highest BCUT2D eigenvalue weighted by Gasteiger charge is 2.30. The van der Waals surface area contributed by atoms with Gasteiger partial charge in [-0.1, -0.05) is 42.5 Å². The largest absolute Gasteiger partial charge is 0.337 e. The van der Waals surface area contributed by atoms with E-state index in [-0.39, 0.29) is 17.6 Å². The van der Waals surface area contributed by atoms with E-state index in [0.717, 1.165) is 45.5 Å². The Kier molecular flexibility index (Phi) is 4.60. The van der Waals surface area contributed by atoms with Gasteiger partial charge in [0, 0.05) is 29.4 Å². The van der Waals surface area contributed by atoms with Crippen molar-refractivity contribution in [3.63, 3.8) is 0 Å². The van der Waals surface area contributed by atoms with E-state index in [9.17, 15) is 9.59 Å². The molecule has 4 heteroatoms. The van der Waals surface area contributed by atoms with Crippen LogP contribution in [0.2, 0.25) is 0 Å². The van der Waals surface area contributed by atoms with Gasteiger partial charge in [-0.25, -0.2) is 0 Å². The quantitative estimate of drug-likeness (QED) is 0.618. The monoisotopic (exact) mass is 363 g/mol. The summed E-state index contributed by atoms with van der Waals surface area (Å²) in [5.41, 5.74) is 0.773. The van der Waals surface area contributed by atoms with Crippen LogP contribution in [0.1, 0.15) is 37.7 Å². The third kappa shape index (κ3) is 3.17. The summed E-state index contributed by atoms with van der Waals surface area (Å²) in [6, 6.07) is 17.7. The van der Waals surface area contributed by atoms with Gasteiger partial charge in [0.1, 0.15) is 0 Å². The molecule has 0 bridgehead atoms. The molecule has 1 fully saturated rings. The highest BCUT2D eigenvalue weighted by atomic mass is 32.1. The number of fused-ring (bicyclic) bond motifs is 1. The van der Waals surface area contributed by atoms with Gasteiger partial charge in [0.25, 0.3) is 5.91 Å². The Morgan fingerprint density at radius 1 is 1.04 bits per heavy atom. The SMILES string of the molecule is Cc1ccc(C(=O)N2CCC[C@H](C(=O)c3cccc4ccccc34)C2)s1. The van der Waals surface area contributed by atoms with Crippen LogP contribution < -0.4 is 0 Å². The van der Waals surface area contributed by atoms with Gasteiger partial charge in [0.2, 0.25) is 0 Å². The number of rotatable bonds is 3. The molecular weight excluding hydrogens is 342 g/mol. The van der Waals surface area contributed by atoms with Crippen molar-refractivity contribution in [3.8, 4) is 0 Å². The van der Waals surface area contributed by atoms with Crippen molar-refractivity contribution >= 4 is 33.8 Å². The molecule has 0 radical (unpaired) electrons. The van der Waals surface area contributed by atoms with E-state index in [1.165, 1.54) is 11.3 Å². The third-order valence-electron chi connectivity index (χ3n) is 5.09. The second-order valence-corrected chi connectivity index (χ2v) is 8.18. The molecule has 0 unspecified atom stereocenters. The number of thiophene rings is 1. The first kappa shape index (κ1) is 17.0. The van der Waals surface area contributed by atoms with E-state index in [1.54, 1.807) is 0 Å². The standard InChI is InChI=1S/C22H21NO2S/c1-15-11-12-20(26-15)22(25)23-13-5-8-17(14-23)21(24)19-10-4-7-16-6-2-3-9-18(16)19/h2-4,6-7,9-12,17H,5,8,13-14H2,1H3/t17-/m0/s1. The molecule has 1 aliphatic rings. The molecule has 0 aliphatic carbocycles. The van der Waals surface area contributed by atoms with Crippen LogP contribution in [0, 0.1) is 12.8 Å². The molecule has 3 aromatic rings. The molecule has 132 valence electrons. The molecule has 2 heterocycles. The molecule has 1 saturated heterocycles. The topological polar surface area (TPSA) is 37.4 Å². The number of ketones is 1. The molecule has 2 aromatic carbocycles. The maximum Gasteiger partial charge on any atom is 0.263 e. The molecule has 1 aliphatic heterocycles. The zero-order chi connectivity index (χ0) is 18.1. The van der Waals surface area contributed by atoms with E-state index in [0.29, 0.717) is 6.54 Å².